The van der Waals surface area contributed by atoms with E-state index in [-0.39, 0.29) is 5.69 Å². The van der Waals surface area contributed by atoms with Crippen LogP contribution in [0.3, 0.4) is 0 Å². The molecule has 0 fully saturated rings. The lowest BCUT2D eigenvalue weighted by atomic mass is 10.2. The van der Waals surface area contributed by atoms with Crippen molar-refractivity contribution in [2.24, 2.45) is 5.10 Å². The van der Waals surface area contributed by atoms with Crippen LogP contribution in [-0.4, -0.2) is 39.1 Å². The number of amides is 1. The first-order valence-electron chi connectivity index (χ1n) is 9.60. The number of methoxy groups -OCH3 is 1. The minimum Gasteiger partial charge on any atom is -0.497 e. The van der Waals surface area contributed by atoms with Crippen LogP contribution in [0.1, 0.15) is 5.56 Å². The van der Waals surface area contributed by atoms with Gasteiger partial charge in [0.15, 0.2) is 4.90 Å². The van der Waals surface area contributed by atoms with Crippen molar-refractivity contribution < 1.29 is 22.9 Å². The summed E-state index contributed by atoms with van der Waals surface area (Å²) in [6, 6.07) is 19.7. The van der Waals surface area contributed by atoms with Crippen LogP contribution in [0.15, 0.2) is 88.9 Å². The average Bonchev–Trinajstić information content (AvgIpc) is 2.83. The third-order valence-electron chi connectivity index (χ3n) is 4.48. The molecule has 0 heterocycles. The molecule has 0 unspecified atom stereocenters. The van der Waals surface area contributed by atoms with E-state index >= 15 is 0 Å². The highest BCUT2D eigenvalue weighted by molar-refractivity contribution is 7.93. The zero-order valence-electron chi connectivity index (χ0n) is 17.5. The van der Waals surface area contributed by atoms with E-state index in [9.17, 15) is 23.3 Å². The topological polar surface area (TPSA) is 131 Å². The Kier molecular flexibility index (Phi) is 7.36. The molecule has 3 aromatic rings. The van der Waals surface area contributed by atoms with Crippen molar-refractivity contribution in [1.82, 2.24) is 5.43 Å². The van der Waals surface area contributed by atoms with E-state index in [4.69, 9.17) is 4.74 Å². The molecule has 3 aromatic carbocycles. The molecule has 0 aliphatic rings. The average molecular weight is 468 g/mol. The third-order valence-corrected chi connectivity index (χ3v) is 6.30. The van der Waals surface area contributed by atoms with Crippen molar-refractivity contribution in [3.63, 3.8) is 0 Å². The van der Waals surface area contributed by atoms with Crippen LogP contribution >= 0.6 is 0 Å². The van der Waals surface area contributed by atoms with Crippen molar-refractivity contribution in [3.05, 3.63) is 94.5 Å². The van der Waals surface area contributed by atoms with Gasteiger partial charge in [0.2, 0.25) is 0 Å². The Morgan fingerprint density at radius 1 is 1.06 bits per heavy atom. The predicted octanol–water partition coefficient (Wildman–Crippen LogP) is 2.95. The van der Waals surface area contributed by atoms with Crippen molar-refractivity contribution >= 4 is 33.5 Å². The van der Waals surface area contributed by atoms with Crippen molar-refractivity contribution in [1.29, 1.82) is 0 Å². The number of para-hydroxylation sites is 2. The van der Waals surface area contributed by atoms with Gasteiger partial charge >= 0.3 is 0 Å². The molecular formula is C22H20N4O6S. The first kappa shape index (κ1) is 23.4. The van der Waals surface area contributed by atoms with Gasteiger partial charge in [-0.05, 0) is 48.0 Å². The minimum absolute atomic E-state index is 0.171. The highest BCUT2D eigenvalue weighted by Gasteiger charge is 2.32. The molecule has 0 atom stereocenters. The Labute approximate surface area is 190 Å². The van der Waals surface area contributed by atoms with Crippen LogP contribution in [0.2, 0.25) is 0 Å². The molecule has 0 aromatic heterocycles. The monoisotopic (exact) mass is 468 g/mol. The number of benzene rings is 3. The van der Waals surface area contributed by atoms with E-state index in [0.29, 0.717) is 11.3 Å². The smallest absolute Gasteiger partial charge is 0.289 e. The number of hydrazone groups is 1. The van der Waals surface area contributed by atoms with Gasteiger partial charge in [-0.15, -0.1) is 0 Å². The molecule has 3 rings (SSSR count). The summed E-state index contributed by atoms with van der Waals surface area (Å²) in [6.07, 6.45) is 1.39. The Balaban J connectivity index is 1.85. The van der Waals surface area contributed by atoms with Crippen LogP contribution in [-0.2, 0) is 14.8 Å². The molecule has 170 valence electrons. The second kappa shape index (κ2) is 10.4. The van der Waals surface area contributed by atoms with E-state index in [1.807, 2.05) is 0 Å². The first-order valence-corrected chi connectivity index (χ1v) is 11.0. The molecule has 10 nitrogen and oxygen atoms in total. The lowest BCUT2D eigenvalue weighted by Gasteiger charge is -2.23. The predicted molar refractivity (Wildman–Crippen MR) is 123 cm³/mol. The number of ether oxygens (including phenoxy) is 1. The number of hydrogen-bond donors (Lipinski definition) is 1. The Bertz CT molecular complexity index is 1260. The summed E-state index contributed by atoms with van der Waals surface area (Å²) in [5, 5.41) is 15.2. The van der Waals surface area contributed by atoms with Crippen LogP contribution < -0.4 is 14.5 Å². The summed E-state index contributed by atoms with van der Waals surface area (Å²) < 4.78 is 32.6. The second-order valence-electron chi connectivity index (χ2n) is 6.64. The Hall–Kier alpha value is -4.25. The molecular weight excluding hydrogens is 448 g/mol. The molecule has 0 spiro atoms. The zero-order chi connectivity index (χ0) is 23.8. The normalized spacial score (nSPS) is 11.2. The molecule has 0 radical (unpaired) electrons. The fourth-order valence-corrected chi connectivity index (χ4v) is 4.47. The number of nitrogens with one attached hydrogen (secondary N) is 1. The molecule has 33 heavy (non-hydrogen) atoms. The van der Waals surface area contributed by atoms with E-state index in [0.717, 1.165) is 16.4 Å². The number of nitro benzene ring substituents is 1. The fraction of sp³-hybridized carbons (Fsp3) is 0.0909. The van der Waals surface area contributed by atoms with Gasteiger partial charge in [0.1, 0.15) is 12.3 Å². The van der Waals surface area contributed by atoms with Gasteiger partial charge in [0.25, 0.3) is 21.6 Å². The maximum atomic E-state index is 13.3. The standard InChI is InChI=1S/C22H20N4O6S/c1-32-19-13-11-17(12-14-19)15-23-24-22(27)16-25(18-7-3-2-4-8-18)33(30,31)21-10-6-5-9-20(21)26(28)29/h2-15H,16H2,1H3,(H,24,27). The number of carbonyl (C=O) groups excluding carboxylic acids is 1. The van der Waals surface area contributed by atoms with Crippen molar-refractivity contribution in [2.75, 3.05) is 18.0 Å². The number of nitro groups is 1. The number of sulfonamides is 1. The summed E-state index contributed by atoms with van der Waals surface area (Å²) in [5.41, 5.74) is 2.55. The van der Waals surface area contributed by atoms with E-state index in [2.05, 4.69) is 10.5 Å². The highest BCUT2D eigenvalue weighted by Crippen LogP contribution is 2.29. The maximum Gasteiger partial charge on any atom is 0.289 e. The van der Waals surface area contributed by atoms with Gasteiger partial charge in [0.05, 0.1) is 23.9 Å². The second-order valence-corrected chi connectivity index (χ2v) is 8.47. The first-order chi connectivity index (χ1) is 15.8. The maximum absolute atomic E-state index is 13.3. The molecule has 0 aliphatic heterocycles. The third kappa shape index (κ3) is 5.71. The van der Waals surface area contributed by atoms with Gasteiger partial charge in [-0.25, -0.2) is 13.8 Å². The number of carbonyl (C=O) groups is 1. The van der Waals surface area contributed by atoms with Crippen LogP contribution in [0.4, 0.5) is 11.4 Å². The fourth-order valence-electron chi connectivity index (χ4n) is 2.89. The van der Waals surface area contributed by atoms with Crippen LogP contribution in [0.25, 0.3) is 0 Å². The van der Waals surface area contributed by atoms with Gasteiger partial charge in [0, 0.05) is 6.07 Å². The molecule has 11 heteroatoms. The number of rotatable bonds is 9. The molecule has 0 saturated heterocycles. The van der Waals surface area contributed by atoms with Crippen molar-refractivity contribution in [2.45, 2.75) is 4.90 Å². The summed E-state index contributed by atoms with van der Waals surface area (Å²) in [6.45, 7) is -0.641. The van der Waals surface area contributed by atoms with Crippen LogP contribution in [0, 0.1) is 10.1 Å². The Morgan fingerprint density at radius 2 is 1.70 bits per heavy atom. The number of hydrogen-bond acceptors (Lipinski definition) is 7. The lowest BCUT2D eigenvalue weighted by Crippen LogP contribution is -2.39. The summed E-state index contributed by atoms with van der Waals surface area (Å²) >= 11 is 0. The quantitative estimate of drug-likeness (QED) is 0.292. The van der Waals surface area contributed by atoms with Gasteiger partial charge < -0.3 is 4.74 Å². The number of anilines is 1. The van der Waals surface area contributed by atoms with Gasteiger partial charge in [-0.3, -0.25) is 19.2 Å². The minimum atomic E-state index is -4.44. The SMILES string of the molecule is COc1ccc(C=NNC(=O)CN(c2ccccc2)S(=O)(=O)c2ccccc2[N+](=O)[O-])cc1. The van der Waals surface area contributed by atoms with E-state index < -0.39 is 38.0 Å². The number of nitrogens with zero attached hydrogens (tertiary/aromatic N) is 3. The summed E-state index contributed by atoms with van der Waals surface area (Å²) in [4.78, 5) is 22.6. The molecule has 0 saturated carbocycles. The molecule has 0 bridgehead atoms. The van der Waals surface area contributed by atoms with Crippen LogP contribution in [0.5, 0.6) is 5.75 Å². The molecule has 1 amide bonds. The van der Waals surface area contributed by atoms with Gasteiger partial charge in [-0.1, -0.05) is 30.3 Å². The Morgan fingerprint density at radius 3 is 2.33 bits per heavy atom. The largest absolute Gasteiger partial charge is 0.497 e. The summed E-state index contributed by atoms with van der Waals surface area (Å²) in [7, 11) is -2.90. The highest BCUT2D eigenvalue weighted by atomic mass is 32.2. The zero-order valence-corrected chi connectivity index (χ0v) is 18.3. The van der Waals surface area contributed by atoms with E-state index in [1.54, 1.807) is 49.6 Å². The van der Waals surface area contributed by atoms with E-state index in [1.165, 1.54) is 30.5 Å². The molecule has 1 N–H and O–H groups in total. The lowest BCUT2D eigenvalue weighted by molar-refractivity contribution is -0.387. The van der Waals surface area contributed by atoms with Crippen molar-refractivity contribution in [3.8, 4) is 5.75 Å². The summed E-state index contributed by atoms with van der Waals surface area (Å²) in [5.74, 6) is -0.0688. The van der Waals surface area contributed by atoms with Gasteiger partial charge in [-0.2, -0.15) is 5.10 Å². The molecule has 0 aliphatic carbocycles.